The lowest BCUT2D eigenvalue weighted by atomic mass is 10.2. The van der Waals surface area contributed by atoms with E-state index in [1.54, 1.807) is 12.1 Å². The van der Waals surface area contributed by atoms with E-state index in [0.29, 0.717) is 17.5 Å². The Bertz CT molecular complexity index is 674. The Balaban J connectivity index is 0.00000729. The molecular weight excluding hydrogens is 487 g/mol. The second kappa shape index (κ2) is 14.2. The van der Waals surface area contributed by atoms with Crippen LogP contribution in [0.4, 0.5) is 0 Å². The van der Waals surface area contributed by atoms with Crippen LogP contribution in [0.3, 0.4) is 0 Å². The molecule has 0 aliphatic rings. The Hall–Kier alpha value is -0.870. The first-order valence-corrected chi connectivity index (χ1v) is 11.7. The molecule has 0 heterocycles. The first kappa shape index (κ1) is 27.1. The van der Waals surface area contributed by atoms with E-state index >= 15 is 0 Å². The molecule has 0 aliphatic heterocycles. The van der Waals surface area contributed by atoms with Crippen molar-refractivity contribution in [3.63, 3.8) is 0 Å². The zero-order valence-corrected chi connectivity index (χ0v) is 21.0. The van der Waals surface area contributed by atoms with E-state index in [9.17, 15) is 8.42 Å². The lowest BCUT2D eigenvalue weighted by molar-refractivity contribution is 0.292. The highest BCUT2D eigenvalue weighted by Crippen LogP contribution is 2.11. The standard InChI is InChI=1S/C20H36N4O2S.HI/c1-6-21-20(23-17(4)10-9-15-24(7-2)8-3)22-16-18-11-13-19(14-12-18)27(5,25)26;/h11-14,17H,6-10,15-16H2,1-5H3,(H2,21,22,23);1H. The lowest BCUT2D eigenvalue weighted by Gasteiger charge is -2.21. The number of halogens is 1. The first-order valence-electron chi connectivity index (χ1n) is 9.86. The molecule has 0 saturated heterocycles. The van der Waals surface area contributed by atoms with E-state index in [2.05, 4.69) is 41.3 Å². The summed E-state index contributed by atoms with van der Waals surface area (Å²) < 4.78 is 23.1. The minimum atomic E-state index is -3.16. The average molecular weight is 525 g/mol. The molecule has 0 aliphatic carbocycles. The van der Waals surface area contributed by atoms with Gasteiger partial charge in [-0.2, -0.15) is 0 Å². The zero-order valence-electron chi connectivity index (χ0n) is 17.9. The summed E-state index contributed by atoms with van der Waals surface area (Å²) >= 11 is 0. The second-order valence-corrected chi connectivity index (χ2v) is 8.84. The minimum absolute atomic E-state index is 0. The van der Waals surface area contributed by atoms with Crippen LogP contribution in [-0.2, 0) is 16.4 Å². The smallest absolute Gasteiger partial charge is 0.191 e. The third-order valence-corrected chi connectivity index (χ3v) is 5.63. The molecule has 1 aromatic carbocycles. The van der Waals surface area contributed by atoms with Gasteiger partial charge in [0, 0.05) is 18.8 Å². The number of rotatable bonds is 11. The number of nitrogens with zero attached hydrogens (tertiary/aromatic N) is 2. The molecule has 2 N–H and O–H groups in total. The third kappa shape index (κ3) is 10.6. The van der Waals surface area contributed by atoms with Crippen molar-refractivity contribution in [2.75, 3.05) is 32.4 Å². The van der Waals surface area contributed by atoms with Crippen LogP contribution in [0.25, 0.3) is 0 Å². The summed E-state index contributed by atoms with van der Waals surface area (Å²) in [5.41, 5.74) is 0.980. The summed E-state index contributed by atoms with van der Waals surface area (Å²) in [6.07, 6.45) is 3.46. The Morgan fingerprint density at radius 3 is 2.25 bits per heavy atom. The fourth-order valence-corrected chi connectivity index (χ4v) is 3.43. The highest BCUT2D eigenvalue weighted by atomic mass is 127. The zero-order chi connectivity index (χ0) is 20.3. The molecule has 1 unspecified atom stereocenters. The topological polar surface area (TPSA) is 73.8 Å². The van der Waals surface area contributed by atoms with Crippen molar-refractivity contribution in [3.05, 3.63) is 29.8 Å². The summed E-state index contributed by atoms with van der Waals surface area (Å²) in [5, 5.41) is 6.73. The van der Waals surface area contributed by atoms with Crippen LogP contribution in [0.5, 0.6) is 0 Å². The van der Waals surface area contributed by atoms with Gasteiger partial charge in [0.25, 0.3) is 0 Å². The molecule has 1 aromatic rings. The van der Waals surface area contributed by atoms with Crippen molar-refractivity contribution in [1.82, 2.24) is 15.5 Å². The van der Waals surface area contributed by atoms with Crippen LogP contribution >= 0.6 is 24.0 Å². The van der Waals surface area contributed by atoms with Gasteiger partial charge < -0.3 is 15.5 Å². The predicted octanol–water partition coefficient (Wildman–Crippen LogP) is 3.27. The van der Waals surface area contributed by atoms with E-state index in [0.717, 1.165) is 50.5 Å². The van der Waals surface area contributed by atoms with Crippen molar-refractivity contribution in [2.24, 2.45) is 4.99 Å². The summed E-state index contributed by atoms with van der Waals surface area (Å²) in [4.78, 5) is 7.40. The minimum Gasteiger partial charge on any atom is -0.357 e. The molecular formula is C20H37IN4O2S. The average Bonchev–Trinajstić information content (AvgIpc) is 2.63. The fraction of sp³-hybridized carbons (Fsp3) is 0.650. The molecule has 0 fully saturated rings. The lowest BCUT2D eigenvalue weighted by Crippen LogP contribution is -2.42. The molecule has 1 rings (SSSR count). The van der Waals surface area contributed by atoms with Gasteiger partial charge in [0.15, 0.2) is 15.8 Å². The maximum absolute atomic E-state index is 11.5. The SMILES string of the molecule is CCNC(=NCc1ccc(S(C)(=O)=O)cc1)NC(C)CCCN(CC)CC.I. The van der Waals surface area contributed by atoms with Gasteiger partial charge in [-0.1, -0.05) is 26.0 Å². The van der Waals surface area contributed by atoms with Crippen LogP contribution in [0.1, 0.15) is 46.1 Å². The van der Waals surface area contributed by atoms with Gasteiger partial charge >= 0.3 is 0 Å². The second-order valence-electron chi connectivity index (χ2n) is 6.83. The van der Waals surface area contributed by atoms with Crippen molar-refractivity contribution in [2.45, 2.75) is 58.0 Å². The Morgan fingerprint density at radius 1 is 1.14 bits per heavy atom. The number of guanidine groups is 1. The van der Waals surface area contributed by atoms with E-state index in [1.807, 2.05) is 19.1 Å². The van der Waals surface area contributed by atoms with Gasteiger partial charge in [0.05, 0.1) is 11.4 Å². The number of benzene rings is 1. The number of aliphatic imine (C=N–C) groups is 1. The van der Waals surface area contributed by atoms with E-state index in [4.69, 9.17) is 0 Å². The Morgan fingerprint density at radius 2 is 1.75 bits per heavy atom. The Labute approximate surface area is 188 Å². The fourth-order valence-electron chi connectivity index (χ4n) is 2.80. The molecule has 0 amide bonds. The highest BCUT2D eigenvalue weighted by Gasteiger charge is 2.08. The van der Waals surface area contributed by atoms with Crippen molar-refractivity contribution in [3.8, 4) is 0 Å². The number of hydrogen-bond acceptors (Lipinski definition) is 4. The molecule has 1 atom stereocenters. The summed E-state index contributed by atoms with van der Waals surface area (Å²) in [5.74, 6) is 0.792. The molecule has 0 aromatic heterocycles. The van der Waals surface area contributed by atoms with Crippen LogP contribution in [0, 0.1) is 0 Å². The normalized spacial score (nSPS) is 13.1. The van der Waals surface area contributed by atoms with Crippen LogP contribution in [-0.4, -0.2) is 57.8 Å². The number of hydrogen-bond donors (Lipinski definition) is 2. The molecule has 0 radical (unpaired) electrons. The summed E-state index contributed by atoms with van der Waals surface area (Å²) in [6, 6.07) is 7.24. The van der Waals surface area contributed by atoms with Crippen molar-refractivity contribution >= 4 is 39.8 Å². The molecule has 0 spiro atoms. The molecule has 0 saturated carbocycles. The molecule has 28 heavy (non-hydrogen) atoms. The van der Waals surface area contributed by atoms with Crippen LogP contribution < -0.4 is 10.6 Å². The predicted molar refractivity (Wildman–Crippen MR) is 129 cm³/mol. The van der Waals surface area contributed by atoms with E-state index < -0.39 is 9.84 Å². The van der Waals surface area contributed by atoms with Gasteiger partial charge in [0.2, 0.25) is 0 Å². The number of nitrogens with one attached hydrogen (secondary N) is 2. The molecule has 162 valence electrons. The van der Waals surface area contributed by atoms with E-state index in [1.165, 1.54) is 6.26 Å². The Kier molecular flexibility index (Phi) is 13.7. The van der Waals surface area contributed by atoms with Gasteiger partial charge in [0.1, 0.15) is 0 Å². The maximum Gasteiger partial charge on any atom is 0.191 e. The maximum atomic E-state index is 11.5. The molecule has 8 heteroatoms. The van der Waals surface area contributed by atoms with Gasteiger partial charge in [-0.25, -0.2) is 13.4 Å². The van der Waals surface area contributed by atoms with Crippen LogP contribution in [0.15, 0.2) is 34.2 Å². The molecule has 0 bridgehead atoms. The van der Waals surface area contributed by atoms with Crippen molar-refractivity contribution < 1.29 is 8.42 Å². The largest absolute Gasteiger partial charge is 0.357 e. The number of sulfone groups is 1. The van der Waals surface area contributed by atoms with Gasteiger partial charge in [-0.15, -0.1) is 24.0 Å². The third-order valence-electron chi connectivity index (χ3n) is 4.50. The monoisotopic (exact) mass is 524 g/mol. The van der Waals surface area contributed by atoms with Crippen LogP contribution in [0.2, 0.25) is 0 Å². The van der Waals surface area contributed by atoms with E-state index in [-0.39, 0.29) is 24.0 Å². The summed E-state index contributed by atoms with van der Waals surface area (Å²) in [6.45, 7) is 13.2. The van der Waals surface area contributed by atoms with Crippen molar-refractivity contribution in [1.29, 1.82) is 0 Å². The quantitative estimate of drug-likeness (QED) is 0.264. The highest BCUT2D eigenvalue weighted by molar-refractivity contribution is 14.0. The van der Waals surface area contributed by atoms with Gasteiger partial charge in [-0.3, -0.25) is 0 Å². The summed E-state index contributed by atoms with van der Waals surface area (Å²) in [7, 11) is -3.16. The molecule has 6 nitrogen and oxygen atoms in total. The first-order chi connectivity index (χ1) is 12.8. The van der Waals surface area contributed by atoms with Gasteiger partial charge in [-0.05, 0) is 64.0 Å².